The molecule has 3 aromatic rings. The van der Waals surface area contributed by atoms with Crippen molar-refractivity contribution < 1.29 is 18.4 Å². The highest BCUT2D eigenvalue weighted by Crippen LogP contribution is 2.46. The Bertz CT molecular complexity index is 1200. The molecule has 2 aliphatic rings. The predicted octanol–water partition coefficient (Wildman–Crippen LogP) is 4.37. The van der Waals surface area contributed by atoms with Gasteiger partial charge >= 0.3 is 0 Å². The van der Waals surface area contributed by atoms with E-state index in [4.69, 9.17) is 0 Å². The molecule has 0 spiro atoms. The first-order valence-corrected chi connectivity index (χ1v) is 11.2. The SMILES string of the molecule is C[C@@H]1CNC(=O)[C@@H]1NC(=O)C1CC(c2cc(-c3cccc(F)c3)[nH]c2-c2ccc(F)cc2)C1. The Hall–Kier alpha value is -3.48. The molecule has 0 bridgehead atoms. The molecule has 0 radical (unpaired) electrons. The summed E-state index contributed by atoms with van der Waals surface area (Å²) >= 11 is 0. The Labute approximate surface area is 190 Å². The number of aromatic amines is 1. The first-order valence-electron chi connectivity index (χ1n) is 11.2. The van der Waals surface area contributed by atoms with E-state index in [-0.39, 0.29) is 41.2 Å². The van der Waals surface area contributed by atoms with Crippen molar-refractivity contribution in [1.29, 1.82) is 0 Å². The van der Waals surface area contributed by atoms with Crippen LogP contribution in [0.2, 0.25) is 0 Å². The number of benzene rings is 2. The molecule has 1 aromatic heterocycles. The topological polar surface area (TPSA) is 74.0 Å². The first kappa shape index (κ1) is 21.4. The number of halogens is 2. The maximum atomic E-state index is 13.8. The van der Waals surface area contributed by atoms with Crippen LogP contribution in [0.3, 0.4) is 0 Å². The van der Waals surface area contributed by atoms with E-state index in [0.717, 1.165) is 28.1 Å². The quantitative estimate of drug-likeness (QED) is 0.541. The molecule has 2 fully saturated rings. The van der Waals surface area contributed by atoms with Crippen LogP contribution in [0.15, 0.2) is 54.6 Å². The minimum atomic E-state index is -0.474. The standard InChI is InChI=1S/C26H25F2N3O2/c1-14-13-29-26(33)23(14)31-25(32)18-9-17(10-18)21-12-22(16-3-2-4-20(28)11-16)30-24(21)15-5-7-19(27)8-6-15/h2-8,11-12,14,17-18,23,30H,9-10,13H2,1H3,(H,29,33)(H,31,32)/t14-,17?,18?,23-/m1/s1. The lowest BCUT2D eigenvalue weighted by Gasteiger charge is -2.35. The van der Waals surface area contributed by atoms with Crippen LogP contribution in [0.25, 0.3) is 22.5 Å². The predicted molar refractivity (Wildman–Crippen MR) is 121 cm³/mol. The lowest BCUT2D eigenvalue weighted by Crippen LogP contribution is -2.47. The van der Waals surface area contributed by atoms with Crippen molar-refractivity contribution in [1.82, 2.24) is 15.6 Å². The van der Waals surface area contributed by atoms with Crippen molar-refractivity contribution in [3.8, 4) is 22.5 Å². The number of amides is 2. The fraction of sp³-hybridized carbons (Fsp3) is 0.308. The second-order valence-electron chi connectivity index (χ2n) is 9.10. The second kappa shape index (κ2) is 8.46. The molecule has 7 heteroatoms. The van der Waals surface area contributed by atoms with Crippen molar-refractivity contribution in [2.45, 2.75) is 31.7 Å². The van der Waals surface area contributed by atoms with E-state index in [1.807, 2.05) is 19.1 Å². The lowest BCUT2D eigenvalue weighted by atomic mass is 9.70. The number of carbonyl (C=O) groups excluding carboxylic acids is 2. The molecule has 2 heterocycles. The number of rotatable bonds is 5. The van der Waals surface area contributed by atoms with Crippen LogP contribution in [0.1, 0.15) is 31.2 Å². The van der Waals surface area contributed by atoms with Gasteiger partial charge in [0, 0.05) is 35.3 Å². The fourth-order valence-corrected chi connectivity index (χ4v) is 4.77. The average Bonchev–Trinajstić information content (AvgIpc) is 3.33. The van der Waals surface area contributed by atoms with Crippen LogP contribution in [-0.2, 0) is 9.59 Å². The van der Waals surface area contributed by atoms with Crippen LogP contribution in [0.5, 0.6) is 0 Å². The van der Waals surface area contributed by atoms with E-state index >= 15 is 0 Å². The summed E-state index contributed by atoms with van der Waals surface area (Å²) in [5.41, 5.74) is 4.20. The molecule has 5 nitrogen and oxygen atoms in total. The lowest BCUT2D eigenvalue weighted by molar-refractivity contribution is -0.132. The van der Waals surface area contributed by atoms with Crippen molar-refractivity contribution in [2.75, 3.05) is 6.54 Å². The average molecular weight is 450 g/mol. The largest absolute Gasteiger partial charge is 0.354 e. The van der Waals surface area contributed by atoms with Crippen LogP contribution < -0.4 is 10.6 Å². The van der Waals surface area contributed by atoms with E-state index in [1.165, 1.54) is 24.3 Å². The summed E-state index contributed by atoms with van der Waals surface area (Å²) in [6.07, 6.45) is 1.31. The molecule has 33 heavy (non-hydrogen) atoms. The van der Waals surface area contributed by atoms with Gasteiger partial charge < -0.3 is 15.6 Å². The van der Waals surface area contributed by atoms with Crippen LogP contribution >= 0.6 is 0 Å². The first-order chi connectivity index (χ1) is 15.9. The number of nitrogens with one attached hydrogen (secondary N) is 3. The molecule has 3 N–H and O–H groups in total. The summed E-state index contributed by atoms with van der Waals surface area (Å²) < 4.78 is 27.3. The molecule has 5 rings (SSSR count). The zero-order valence-electron chi connectivity index (χ0n) is 18.2. The van der Waals surface area contributed by atoms with Gasteiger partial charge in [-0.25, -0.2) is 8.78 Å². The summed E-state index contributed by atoms with van der Waals surface area (Å²) in [4.78, 5) is 28.0. The number of hydrogen-bond donors (Lipinski definition) is 3. The number of hydrogen-bond acceptors (Lipinski definition) is 2. The smallest absolute Gasteiger partial charge is 0.242 e. The molecule has 2 atom stereocenters. The van der Waals surface area contributed by atoms with Crippen molar-refractivity contribution in [3.05, 3.63) is 71.8 Å². The summed E-state index contributed by atoms with van der Waals surface area (Å²) in [6.45, 7) is 2.51. The van der Waals surface area contributed by atoms with Crippen molar-refractivity contribution >= 4 is 11.8 Å². The highest BCUT2D eigenvalue weighted by atomic mass is 19.1. The van der Waals surface area contributed by atoms with Crippen LogP contribution in [-0.4, -0.2) is 29.4 Å². The molecular formula is C26H25F2N3O2. The van der Waals surface area contributed by atoms with E-state index in [9.17, 15) is 18.4 Å². The number of aromatic nitrogens is 1. The molecule has 0 unspecified atom stereocenters. The van der Waals surface area contributed by atoms with Gasteiger partial charge in [-0.2, -0.15) is 0 Å². The summed E-state index contributed by atoms with van der Waals surface area (Å²) in [7, 11) is 0. The van der Waals surface area contributed by atoms with Crippen molar-refractivity contribution in [2.24, 2.45) is 11.8 Å². The molecule has 2 aromatic carbocycles. The van der Waals surface area contributed by atoms with E-state index < -0.39 is 6.04 Å². The molecule has 1 aliphatic carbocycles. The number of carbonyl (C=O) groups is 2. The zero-order valence-corrected chi connectivity index (χ0v) is 18.2. The molecule has 2 amide bonds. The second-order valence-corrected chi connectivity index (χ2v) is 9.10. The fourth-order valence-electron chi connectivity index (χ4n) is 4.77. The third-order valence-corrected chi connectivity index (χ3v) is 6.81. The Balaban J connectivity index is 1.38. The van der Waals surface area contributed by atoms with Gasteiger partial charge in [-0.05, 0) is 72.4 Å². The molecule has 1 aliphatic heterocycles. The van der Waals surface area contributed by atoms with Gasteiger partial charge in [0.2, 0.25) is 11.8 Å². The third kappa shape index (κ3) is 4.15. The normalized spacial score (nSPS) is 24.3. The van der Waals surface area contributed by atoms with Gasteiger partial charge in [-0.3, -0.25) is 9.59 Å². The minimum absolute atomic E-state index is 0.0703. The third-order valence-electron chi connectivity index (χ3n) is 6.81. The highest BCUT2D eigenvalue weighted by molar-refractivity contribution is 5.90. The summed E-state index contributed by atoms with van der Waals surface area (Å²) in [6, 6.07) is 14.1. The Morgan fingerprint density at radius 2 is 1.76 bits per heavy atom. The molecule has 1 saturated heterocycles. The Morgan fingerprint density at radius 3 is 2.42 bits per heavy atom. The maximum absolute atomic E-state index is 13.8. The van der Waals surface area contributed by atoms with Gasteiger partial charge in [0.1, 0.15) is 17.7 Å². The van der Waals surface area contributed by atoms with E-state index in [1.54, 1.807) is 18.2 Å². The van der Waals surface area contributed by atoms with Gasteiger partial charge in [-0.1, -0.05) is 19.1 Å². The van der Waals surface area contributed by atoms with Crippen molar-refractivity contribution in [3.63, 3.8) is 0 Å². The van der Waals surface area contributed by atoms with Gasteiger partial charge in [0.05, 0.1) is 0 Å². The summed E-state index contributed by atoms with van der Waals surface area (Å²) in [5.74, 6) is -0.820. The van der Waals surface area contributed by atoms with Gasteiger partial charge in [-0.15, -0.1) is 0 Å². The molecular weight excluding hydrogens is 424 g/mol. The van der Waals surface area contributed by atoms with Crippen LogP contribution in [0, 0.1) is 23.5 Å². The molecule has 170 valence electrons. The maximum Gasteiger partial charge on any atom is 0.242 e. The van der Waals surface area contributed by atoms with Gasteiger partial charge in [0.25, 0.3) is 0 Å². The van der Waals surface area contributed by atoms with E-state index in [2.05, 4.69) is 15.6 Å². The Morgan fingerprint density at radius 1 is 1.00 bits per heavy atom. The minimum Gasteiger partial charge on any atom is -0.354 e. The molecule has 1 saturated carbocycles. The van der Waals surface area contributed by atoms with E-state index in [0.29, 0.717) is 19.4 Å². The zero-order chi connectivity index (χ0) is 23.1. The van der Waals surface area contributed by atoms with Crippen LogP contribution in [0.4, 0.5) is 8.78 Å². The monoisotopic (exact) mass is 449 g/mol. The highest BCUT2D eigenvalue weighted by Gasteiger charge is 2.40. The Kier molecular flexibility index (Phi) is 5.48. The number of H-pyrrole nitrogens is 1. The van der Waals surface area contributed by atoms with Gasteiger partial charge in [0.15, 0.2) is 0 Å². The summed E-state index contributed by atoms with van der Waals surface area (Å²) in [5, 5.41) is 5.68.